The average molecular weight is 444 g/mol. The smallest absolute Gasteiger partial charge is 0.318 e. The highest BCUT2D eigenvalue weighted by Gasteiger charge is 2.51. The molecule has 1 fully saturated rings. The fraction of sp³-hybridized carbons (Fsp3) is 0.321. The van der Waals surface area contributed by atoms with Crippen molar-refractivity contribution < 1.29 is 19.7 Å². The summed E-state index contributed by atoms with van der Waals surface area (Å²) in [5, 5.41) is 21.7. The Hall–Kier alpha value is -3.15. The third kappa shape index (κ3) is 3.92. The first-order valence-electron chi connectivity index (χ1n) is 11.6. The molecule has 3 aromatic carbocycles. The highest BCUT2D eigenvalue weighted by Crippen LogP contribution is 2.44. The molecule has 2 heterocycles. The Bertz CT molecular complexity index is 1080. The average Bonchev–Trinajstić information content (AvgIpc) is 3.51. The van der Waals surface area contributed by atoms with Crippen LogP contribution in [0.3, 0.4) is 0 Å². The summed E-state index contributed by atoms with van der Waals surface area (Å²) >= 11 is 0. The predicted molar refractivity (Wildman–Crippen MR) is 126 cm³/mol. The number of ether oxygens (including phenoxy) is 1. The number of carboxylic acid groups (broad SMARTS) is 1. The summed E-state index contributed by atoms with van der Waals surface area (Å²) in [6, 6.07) is 25.2. The number of hydrogen-bond donors (Lipinski definition) is 2. The first-order valence-corrected chi connectivity index (χ1v) is 11.6. The lowest BCUT2D eigenvalue weighted by atomic mass is 9.65. The van der Waals surface area contributed by atoms with E-state index in [0.29, 0.717) is 32.5 Å². The third-order valence-electron chi connectivity index (χ3n) is 7.22. The largest absolute Gasteiger partial charge is 0.493 e. The molecule has 0 amide bonds. The minimum atomic E-state index is -1.16. The van der Waals surface area contributed by atoms with E-state index < -0.39 is 17.6 Å². The van der Waals surface area contributed by atoms with Crippen LogP contribution in [0.4, 0.5) is 0 Å². The first kappa shape index (κ1) is 21.7. The Morgan fingerprint density at radius 3 is 2.33 bits per heavy atom. The number of benzene rings is 3. The number of likely N-dealkylation sites (tertiary alicyclic amines) is 1. The van der Waals surface area contributed by atoms with Gasteiger partial charge in [0.2, 0.25) is 0 Å². The Balaban J connectivity index is 1.42. The maximum Gasteiger partial charge on any atom is 0.318 e. The van der Waals surface area contributed by atoms with Gasteiger partial charge in [0.15, 0.2) is 0 Å². The molecule has 0 aromatic heterocycles. The van der Waals surface area contributed by atoms with E-state index in [0.717, 1.165) is 28.9 Å². The van der Waals surface area contributed by atoms with Gasteiger partial charge >= 0.3 is 5.97 Å². The summed E-state index contributed by atoms with van der Waals surface area (Å²) in [4.78, 5) is 15.0. The van der Waals surface area contributed by atoms with Gasteiger partial charge in [-0.05, 0) is 40.7 Å². The Morgan fingerprint density at radius 1 is 1.03 bits per heavy atom. The molecular formula is C28H29NO4. The lowest BCUT2D eigenvalue weighted by Crippen LogP contribution is -2.46. The van der Waals surface area contributed by atoms with Gasteiger partial charge in [-0.3, -0.25) is 9.69 Å². The number of aliphatic hydroxyl groups is 1. The predicted octanol–water partition coefficient (Wildman–Crippen LogP) is 3.88. The zero-order valence-electron chi connectivity index (χ0n) is 18.6. The molecule has 1 unspecified atom stereocenters. The van der Waals surface area contributed by atoms with E-state index in [2.05, 4.69) is 6.07 Å². The van der Waals surface area contributed by atoms with Crippen molar-refractivity contribution in [1.82, 2.24) is 4.90 Å². The van der Waals surface area contributed by atoms with Crippen LogP contribution in [0.25, 0.3) is 0 Å². The lowest BCUT2D eigenvalue weighted by molar-refractivity contribution is -0.144. The van der Waals surface area contributed by atoms with Crippen molar-refractivity contribution in [1.29, 1.82) is 0 Å². The molecule has 2 aliphatic rings. The van der Waals surface area contributed by atoms with Gasteiger partial charge in [0, 0.05) is 25.9 Å². The van der Waals surface area contributed by atoms with Crippen LogP contribution < -0.4 is 4.74 Å². The lowest BCUT2D eigenvalue weighted by Gasteiger charge is -2.37. The molecule has 5 rings (SSSR count). The molecule has 2 aliphatic heterocycles. The van der Waals surface area contributed by atoms with Crippen molar-refractivity contribution in [2.75, 3.05) is 19.7 Å². The van der Waals surface area contributed by atoms with Gasteiger partial charge < -0.3 is 14.9 Å². The second-order valence-corrected chi connectivity index (χ2v) is 9.05. The number of aliphatic hydroxyl groups excluding tert-OH is 1. The number of hydrogen-bond acceptors (Lipinski definition) is 4. The minimum absolute atomic E-state index is 0.164. The van der Waals surface area contributed by atoms with E-state index in [9.17, 15) is 15.0 Å². The SMILES string of the molecule is O=C(O)C(c1ccccc1)(c1ccccc1)[C@@H]1CCN(C(O)Cc2ccc3c(c2)CCO3)C1. The van der Waals surface area contributed by atoms with Crippen LogP contribution in [0.1, 0.15) is 28.7 Å². The molecule has 0 aliphatic carbocycles. The number of fused-ring (bicyclic) bond motifs is 1. The number of carbonyl (C=O) groups is 1. The molecule has 5 heteroatoms. The van der Waals surface area contributed by atoms with Gasteiger partial charge in [-0.25, -0.2) is 0 Å². The van der Waals surface area contributed by atoms with Gasteiger partial charge in [0.1, 0.15) is 17.4 Å². The highest BCUT2D eigenvalue weighted by atomic mass is 16.5. The van der Waals surface area contributed by atoms with Crippen molar-refractivity contribution in [3.05, 3.63) is 101 Å². The van der Waals surface area contributed by atoms with E-state index in [4.69, 9.17) is 4.74 Å². The molecule has 3 aromatic rings. The molecule has 0 radical (unpaired) electrons. The molecule has 33 heavy (non-hydrogen) atoms. The zero-order chi connectivity index (χ0) is 22.8. The number of rotatable bonds is 7. The number of carboxylic acids is 1. The van der Waals surface area contributed by atoms with Crippen molar-refractivity contribution in [3.8, 4) is 5.75 Å². The fourth-order valence-corrected chi connectivity index (χ4v) is 5.58. The maximum atomic E-state index is 13.0. The Labute approximate surface area is 194 Å². The summed E-state index contributed by atoms with van der Waals surface area (Å²) in [5.74, 6) is -0.0748. The second kappa shape index (κ2) is 9.00. The standard InChI is InChI=1S/C28H29NO4/c30-26(18-20-11-12-25-21(17-20)14-16-33-25)29-15-13-24(19-29)28(27(31)32,22-7-3-1-4-8-22)23-9-5-2-6-10-23/h1-12,17,24,26,30H,13-16,18-19H2,(H,31,32)/t24-,26?/m1/s1. The third-order valence-corrected chi connectivity index (χ3v) is 7.22. The quantitative estimate of drug-likeness (QED) is 0.580. The van der Waals surface area contributed by atoms with E-state index in [1.807, 2.05) is 77.7 Å². The van der Waals surface area contributed by atoms with Gasteiger partial charge in [-0.15, -0.1) is 0 Å². The molecule has 5 nitrogen and oxygen atoms in total. The summed E-state index contributed by atoms with van der Waals surface area (Å²) in [5.41, 5.74) is 2.66. The van der Waals surface area contributed by atoms with Crippen LogP contribution >= 0.6 is 0 Å². The molecule has 0 spiro atoms. The summed E-state index contributed by atoms with van der Waals surface area (Å²) in [7, 11) is 0. The van der Waals surface area contributed by atoms with E-state index in [1.165, 1.54) is 5.56 Å². The highest BCUT2D eigenvalue weighted by molar-refractivity contribution is 5.86. The van der Waals surface area contributed by atoms with Crippen molar-refractivity contribution in [2.24, 2.45) is 5.92 Å². The van der Waals surface area contributed by atoms with E-state index in [-0.39, 0.29) is 5.92 Å². The molecule has 170 valence electrons. The Kier molecular flexibility index (Phi) is 5.92. The van der Waals surface area contributed by atoms with Gasteiger partial charge in [0.25, 0.3) is 0 Å². The van der Waals surface area contributed by atoms with Gasteiger partial charge in [-0.1, -0.05) is 72.8 Å². The van der Waals surface area contributed by atoms with Crippen LogP contribution in [-0.2, 0) is 23.1 Å². The molecule has 0 bridgehead atoms. The maximum absolute atomic E-state index is 13.0. The van der Waals surface area contributed by atoms with Crippen molar-refractivity contribution >= 4 is 5.97 Å². The zero-order valence-corrected chi connectivity index (χ0v) is 18.6. The van der Waals surface area contributed by atoms with Crippen molar-refractivity contribution in [2.45, 2.75) is 30.9 Å². The minimum Gasteiger partial charge on any atom is -0.493 e. The normalized spacial score (nSPS) is 19.1. The topological polar surface area (TPSA) is 70.0 Å². The van der Waals surface area contributed by atoms with Crippen LogP contribution in [0.2, 0.25) is 0 Å². The molecule has 2 atom stereocenters. The molecule has 2 N–H and O–H groups in total. The Morgan fingerprint density at radius 2 is 1.70 bits per heavy atom. The van der Waals surface area contributed by atoms with Crippen LogP contribution in [0.5, 0.6) is 5.75 Å². The molecular weight excluding hydrogens is 414 g/mol. The summed E-state index contributed by atoms with van der Waals surface area (Å²) in [6.07, 6.45) is 1.45. The monoisotopic (exact) mass is 443 g/mol. The van der Waals surface area contributed by atoms with Crippen LogP contribution in [-0.4, -0.2) is 47.0 Å². The van der Waals surface area contributed by atoms with E-state index in [1.54, 1.807) is 0 Å². The summed E-state index contributed by atoms with van der Waals surface area (Å²) in [6.45, 7) is 1.89. The fourth-order valence-electron chi connectivity index (χ4n) is 5.58. The van der Waals surface area contributed by atoms with Crippen LogP contribution in [0.15, 0.2) is 78.9 Å². The molecule has 1 saturated heterocycles. The van der Waals surface area contributed by atoms with Gasteiger partial charge in [0.05, 0.1) is 6.61 Å². The second-order valence-electron chi connectivity index (χ2n) is 9.05. The summed E-state index contributed by atoms with van der Waals surface area (Å²) < 4.78 is 5.59. The number of aliphatic carboxylic acids is 1. The van der Waals surface area contributed by atoms with Crippen LogP contribution in [0, 0.1) is 5.92 Å². The van der Waals surface area contributed by atoms with Crippen molar-refractivity contribution in [3.63, 3.8) is 0 Å². The van der Waals surface area contributed by atoms with E-state index >= 15 is 0 Å². The van der Waals surface area contributed by atoms with Gasteiger partial charge in [-0.2, -0.15) is 0 Å². The first-order chi connectivity index (χ1) is 16.1. The molecule has 0 saturated carbocycles. The number of nitrogens with zero attached hydrogens (tertiary/aromatic N) is 1.